The molecule has 0 bridgehead atoms. The van der Waals surface area contributed by atoms with Crippen LogP contribution in [-0.4, -0.2) is 47.5 Å². The first-order chi connectivity index (χ1) is 11.0. The molecular formula is C16H22N4O3. The molecule has 0 aliphatic carbocycles. The normalized spacial score (nSPS) is 11.0. The lowest BCUT2D eigenvalue weighted by atomic mass is 10.3. The molecule has 2 heterocycles. The maximum absolute atomic E-state index is 12.3. The van der Waals surface area contributed by atoms with Gasteiger partial charge in [-0.1, -0.05) is 6.07 Å². The molecule has 0 saturated carbocycles. The van der Waals surface area contributed by atoms with Crippen molar-refractivity contribution < 1.29 is 14.3 Å². The summed E-state index contributed by atoms with van der Waals surface area (Å²) < 4.78 is 6.57. The summed E-state index contributed by atoms with van der Waals surface area (Å²) in [6, 6.07) is 5.36. The Morgan fingerprint density at radius 3 is 2.78 bits per heavy atom. The van der Waals surface area contributed by atoms with Crippen molar-refractivity contribution in [2.45, 2.75) is 26.3 Å². The van der Waals surface area contributed by atoms with Gasteiger partial charge in [0.25, 0.3) is 11.8 Å². The van der Waals surface area contributed by atoms with Crippen molar-refractivity contribution in [3.05, 3.63) is 35.9 Å². The summed E-state index contributed by atoms with van der Waals surface area (Å²) in [6.07, 6.45) is 2.44. The predicted molar refractivity (Wildman–Crippen MR) is 86.6 cm³/mol. The molecule has 2 aromatic rings. The Hall–Kier alpha value is -2.41. The van der Waals surface area contributed by atoms with E-state index < -0.39 is 0 Å². The summed E-state index contributed by atoms with van der Waals surface area (Å²) >= 11 is 0. The van der Waals surface area contributed by atoms with Gasteiger partial charge in [-0.2, -0.15) is 0 Å². The highest BCUT2D eigenvalue weighted by Gasteiger charge is 2.21. The van der Waals surface area contributed by atoms with Gasteiger partial charge in [0, 0.05) is 32.5 Å². The van der Waals surface area contributed by atoms with Crippen LogP contribution in [0.5, 0.6) is 0 Å². The number of imidazole rings is 1. The molecule has 2 N–H and O–H groups in total. The van der Waals surface area contributed by atoms with Crippen molar-refractivity contribution in [3.63, 3.8) is 0 Å². The van der Waals surface area contributed by atoms with Crippen LogP contribution in [0.1, 0.15) is 41.4 Å². The average molecular weight is 318 g/mol. The van der Waals surface area contributed by atoms with E-state index in [4.69, 9.17) is 4.74 Å². The van der Waals surface area contributed by atoms with Crippen molar-refractivity contribution in [3.8, 4) is 0 Å². The van der Waals surface area contributed by atoms with Crippen molar-refractivity contribution in [2.24, 2.45) is 0 Å². The fourth-order valence-corrected chi connectivity index (χ4v) is 2.19. The lowest BCUT2D eigenvalue weighted by Gasteiger charge is -2.06. The van der Waals surface area contributed by atoms with E-state index in [1.165, 1.54) is 0 Å². The first-order valence-corrected chi connectivity index (χ1v) is 7.59. The van der Waals surface area contributed by atoms with E-state index in [0.717, 1.165) is 0 Å². The number of aromatic nitrogens is 2. The molecule has 0 unspecified atom stereocenters. The fraction of sp³-hybridized carbons (Fsp3) is 0.438. The van der Waals surface area contributed by atoms with Crippen LogP contribution in [0.3, 0.4) is 0 Å². The Labute approximate surface area is 135 Å². The molecule has 0 aromatic carbocycles. The minimum absolute atomic E-state index is 0.00529. The smallest absolute Gasteiger partial charge is 0.287 e. The van der Waals surface area contributed by atoms with Crippen LogP contribution in [0, 0.1) is 0 Å². The predicted octanol–water partition coefficient (Wildman–Crippen LogP) is 1.24. The van der Waals surface area contributed by atoms with E-state index >= 15 is 0 Å². The first kappa shape index (κ1) is 17.0. The van der Waals surface area contributed by atoms with Gasteiger partial charge in [-0.05, 0) is 32.4 Å². The number of carbonyl (C=O) groups is 2. The largest absolute Gasteiger partial charge is 0.385 e. The minimum atomic E-state index is -0.314. The average Bonchev–Trinajstić information content (AvgIpc) is 2.90. The monoisotopic (exact) mass is 318 g/mol. The highest BCUT2D eigenvalue weighted by Crippen LogP contribution is 2.13. The number of methoxy groups -OCH3 is 1. The van der Waals surface area contributed by atoms with E-state index in [2.05, 4.69) is 15.6 Å². The van der Waals surface area contributed by atoms with Crippen LogP contribution in [0.4, 0.5) is 0 Å². The van der Waals surface area contributed by atoms with E-state index in [-0.39, 0.29) is 29.4 Å². The van der Waals surface area contributed by atoms with Gasteiger partial charge in [0.15, 0.2) is 5.69 Å². The zero-order valence-corrected chi connectivity index (χ0v) is 13.6. The number of ether oxygens (including phenoxy) is 1. The first-order valence-electron chi connectivity index (χ1n) is 7.59. The number of carbonyl (C=O) groups excluding carboxylic acids is 2. The fourth-order valence-electron chi connectivity index (χ4n) is 2.19. The lowest BCUT2D eigenvalue weighted by molar-refractivity contribution is 0.0937. The van der Waals surface area contributed by atoms with Gasteiger partial charge < -0.3 is 15.4 Å². The summed E-state index contributed by atoms with van der Waals surface area (Å²) in [5.74, 6) is -0.403. The Morgan fingerprint density at radius 1 is 1.30 bits per heavy atom. The van der Waals surface area contributed by atoms with Crippen molar-refractivity contribution in [1.82, 2.24) is 20.0 Å². The van der Waals surface area contributed by atoms with Gasteiger partial charge in [0.1, 0.15) is 0 Å². The maximum atomic E-state index is 12.3. The van der Waals surface area contributed by atoms with Gasteiger partial charge >= 0.3 is 0 Å². The van der Waals surface area contributed by atoms with Gasteiger partial charge in [-0.15, -0.1) is 0 Å². The third kappa shape index (κ3) is 4.07. The van der Waals surface area contributed by atoms with Crippen LogP contribution in [-0.2, 0) is 4.74 Å². The van der Waals surface area contributed by atoms with E-state index in [9.17, 15) is 9.59 Å². The highest BCUT2D eigenvalue weighted by molar-refractivity contribution is 6.02. The molecule has 7 heteroatoms. The lowest BCUT2D eigenvalue weighted by Crippen LogP contribution is -2.30. The highest BCUT2D eigenvalue weighted by atomic mass is 16.5. The number of rotatable bonds is 7. The second-order valence-corrected chi connectivity index (χ2v) is 5.47. The van der Waals surface area contributed by atoms with Crippen LogP contribution in [0.15, 0.2) is 24.4 Å². The molecule has 0 saturated heterocycles. The van der Waals surface area contributed by atoms with E-state index in [1.807, 2.05) is 19.9 Å². The third-order valence-electron chi connectivity index (χ3n) is 3.20. The summed E-state index contributed by atoms with van der Waals surface area (Å²) in [6.45, 7) is 4.81. The summed E-state index contributed by atoms with van der Waals surface area (Å²) in [5.41, 5.74) is 0.856. The topological polar surface area (TPSA) is 84.7 Å². The number of hydrogen-bond acceptors (Lipinski definition) is 4. The molecule has 2 rings (SSSR count). The molecule has 0 atom stereocenters. The van der Waals surface area contributed by atoms with Crippen LogP contribution in [0.2, 0.25) is 0 Å². The molecular weight excluding hydrogens is 296 g/mol. The summed E-state index contributed by atoms with van der Waals surface area (Å²) in [5, 5.41) is 5.59. The summed E-state index contributed by atoms with van der Waals surface area (Å²) in [4.78, 5) is 28.8. The van der Waals surface area contributed by atoms with Crippen LogP contribution in [0.25, 0.3) is 5.52 Å². The Balaban J connectivity index is 2.26. The van der Waals surface area contributed by atoms with E-state index in [1.54, 1.807) is 29.8 Å². The van der Waals surface area contributed by atoms with Gasteiger partial charge in [-0.25, -0.2) is 4.98 Å². The molecule has 2 aromatic heterocycles. The molecule has 0 aliphatic heterocycles. The molecule has 7 nitrogen and oxygen atoms in total. The van der Waals surface area contributed by atoms with Crippen molar-refractivity contribution >= 4 is 17.3 Å². The minimum Gasteiger partial charge on any atom is -0.385 e. The Bertz CT molecular complexity index is 694. The third-order valence-corrected chi connectivity index (χ3v) is 3.20. The van der Waals surface area contributed by atoms with E-state index in [0.29, 0.717) is 25.1 Å². The molecule has 124 valence electrons. The number of hydrogen-bond donors (Lipinski definition) is 2. The number of pyridine rings is 1. The molecule has 0 radical (unpaired) electrons. The molecule has 0 spiro atoms. The van der Waals surface area contributed by atoms with Crippen LogP contribution >= 0.6 is 0 Å². The molecule has 0 aliphatic rings. The van der Waals surface area contributed by atoms with Crippen LogP contribution < -0.4 is 10.6 Å². The number of amides is 2. The van der Waals surface area contributed by atoms with Gasteiger partial charge in [0.2, 0.25) is 5.82 Å². The second-order valence-electron chi connectivity index (χ2n) is 5.47. The standard InChI is InChI=1S/C16H22N4O3/c1-11(2)18-15(21)13-12-7-4-5-9-20(12)14(19-13)16(22)17-8-6-10-23-3/h4-5,7,9,11H,6,8,10H2,1-3H3,(H,17,22)(H,18,21). The second kappa shape index (κ2) is 7.73. The maximum Gasteiger partial charge on any atom is 0.287 e. The quantitative estimate of drug-likeness (QED) is 0.752. The molecule has 23 heavy (non-hydrogen) atoms. The summed E-state index contributed by atoms with van der Waals surface area (Å²) in [7, 11) is 1.61. The number of fused-ring (bicyclic) bond motifs is 1. The van der Waals surface area contributed by atoms with Crippen molar-refractivity contribution in [1.29, 1.82) is 0 Å². The van der Waals surface area contributed by atoms with Gasteiger partial charge in [0.05, 0.1) is 5.52 Å². The Morgan fingerprint density at radius 2 is 2.09 bits per heavy atom. The molecule has 2 amide bonds. The zero-order chi connectivity index (χ0) is 16.8. The SMILES string of the molecule is COCCCNC(=O)c1nc(C(=O)NC(C)C)c2ccccn12. The van der Waals surface area contributed by atoms with Gasteiger partial charge in [-0.3, -0.25) is 14.0 Å². The molecule has 0 fully saturated rings. The number of nitrogens with one attached hydrogen (secondary N) is 2. The van der Waals surface area contributed by atoms with Crippen molar-refractivity contribution in [2.75, 3.05) is 20.3 Å². The zero-order valence-electron chi connectivity index (χ0n) is 13.6. The number of nitrogens with zero attached hydrogens (tertiary/aromatic N) is 2. The Kier molecular flexibility index (Phi) is 5.70.